The molecule has 0 aromatic carbocycles. The summed E-state index contributed by atoms with van der Waals surface area (Å²) in [5.41, 5.74) is 0.480. The minimum absolute atomic E-state index is 0.480. The summed E-state index contributed by atoms with van der Waals surface area (Å²) in [7, 11) is 0. The molecule has 0 aliphatic carbocycles. The van der Waals surface area contributed by atoms with Gasteiger partial charge in [0, 0.05) is 12.6 Å². The molecule has 0 radical (unpaired) electrons. The van der Waals surface area contributed by atoms with E-state index >= 15 is 0 Å². The van der Waals surface area contributed by atoms with Gasteiger partial charge in [-0.25, -0.2) is 0 Å². The van der Waals surface area contributed by atoms with Crippen LogP contribution < -0.4 is 5.32 Å². The molecule has 1 fully saturated rings. The molecule has 1 aliphatic rings. The minimum atomic E-state index is 0.480. The molecular weight excluding hydrogens is 244 g/mol. The first-order chi connectivity index (χ1) is 9.34. The standard InChI is InChI=1S/C18H38N2/c1-7-11-19-17(15(2)3)14-20-12-8-9-16(10-13-20)18(4,5)6/h15-17,19H,7-14H2,1-6H3. The van der Waals surface area contributed by atoms with Crippen LogP contribution in [0.4, 0.5) is 0 Å². The van der Waals surface area contributed by atoms with Gasteiger partial charge in [0.15, 0.2) is 0 Å². The highest BCUT2D eigenvalue weighted by atomic mass is 15.1. The van der Waals surface area contributed by atoms with E-state index in [1.165, 1.54) is 45.3 Å². The van der Waals surface area contributed by atoms with Gasteiger partial charge in [0.1, 0.15) is 0 Å². The molecule has 0 aromatic rings. The molecule has 2 heteroatoms. The van der Waals surface area contributed by atoms with Gasteiger partial charge in [0.2, 0.25) is 0 Å². The molecule has 2 nitrogen and oxygen atoms in total. The maximum Gasteiger partial charge on any atom is 0.0217 e. The molecule has 1 heterocycles. The van der Waals surface area contributed by atoms with E-state index in [0.29, 0.717) is 11.5 Å². The molecule has 0 aromatic heterocycles. The summed E-state index contributed by atoms with van der Waals surface area (Å²) in [5, 5.41) is 3.74. The highest BCUT2D eigenvalue weighted by molar-refractivity contribution is 4.81. The molecule has 0 bridgehead atoms. The molecule has 1 N–H and O–H groups in total. The maximum absolute atomic E-state index is 3.74. The zero-order valence-corrected chi connectivity index (χ0v) is 14.8. The first-order valence-electron chi connectivity index (χ1n) is 8.80. The summed E-state index contributed by atoms with van der Waals surface area (Å²) in [6.07, 6.45) is 5.40. The van der Waals surface area contributed by atoms with E-state index in [1.807, 2.05) is 0 Å². The maximum atomic E-state index is 3.74. The Hall–Kier alpha value is -0.0800. The summed E-state index contributed by atoms with van der Waals surface area (Å²) in [6, 6.07) is 0.654. The second kappa shape index (κ2) is 8.38. The van der Waals surface area contributed by atoms with Gasteiger partial charge in [-0.15, -0.1) is 0 Å². The zero-order valence-electron chi connectivity index (χ0n) is 14.8. The van der Waals surface area contributed by atoms with Crippen molar-refractivity contribution in [2.75, 3.05) is 26.2 Å². The minimum Gasteiger partial charge on any atom is -0.312 e. The fourth-order valence-electron chi connectivity index (χ4n) is 3.32. The zero-order chi connectivity index (χ0) is 15.2. The van der Waals surface area contributed by atoms with E-state index in [-0.39, 0.29) is 0 Å². The molecule has 0 saturated carbocycles. The Balaban J connectivity index is 2.47. The average Bonchev–Trinajstić information content (AvgIpc) is 2.59. The second-order valence-electron chi connectivity index (χ2n) is 8.10. The molecule has 0 spiro atoms. The smallest absolute Gasteiger partial charge is 0.0217 e. The number of hydrogen-bond donors (Lipinski definition) is 1. The van der Waals surface area contributed by atoms with Crippen molar-refractivity contribution in [3.05, 3.63) is 0 Å². The average molecular weight is 283 g/mol. The van der Waals surface area contributed by atoms with Crippen LogP contribution >= 0.6 is 0 Å². The molecule has 1 rings (SSSR count). The van der Waals surface area contributed by atoms with Crippen LogP contribution in [0, 0.1) is 17.3 Å². The van der Waals surface area contributed by atoms with Crippen molar-refractivity contribution in [3.63, 3.8) is 0 Å². The van der Waals surface area contributed by atoms with Crippen molar-refractivity contribution in [2.24, 2.45) is 17.3 Å². The number of rotatable bonds is 6. The summed E-state index contributed by atoms with van der Waals surface area (Å²) < 4.78 is 0. The third kappa shape index (κ3) is 6.13. The lowest BCUT2D eigenvalue weighted by molar-refractivity contribution is 0.195. The van der Waals surface area contributed by atoms with Crippen LogP contribution in [0.5, 0.6) is 0 Å². The molecule has 120 valence electrons. The molecule has 1 aliphatic heterocycles. The molecule has 2 atom stereocenters. The highest BCUT2D eigenvalue weighted by Gasteiger charge is 2.27. The fraction of sp³-hybridized carbons (Fsp3) is 1.00. The van der Waals surface area contributed by atoms with E-state index in [4.69, 9.17) is 0 Å². The van der Waals surface area contributed by atoms with E-state index < -0.39 is 0 Å². The highest BCUT2D eigenvalue weighted by Crippen LogP contribution is 2.34. The predicted octanol–water partition coefficient (Wildman–Crippen LogP) is 4.16. The molecule has 0 amide bonds. The second-order valence-corrected chi connectivity index (χ2v) is 8.10. The van der Waals surface area contributed by atoms with Gasteiger partial charge in [-0.1, -0.05) is 41.5 Å². The van der Waals surface area contributed by atoms with E-state index in [2.05, 4.69) is 51.8 Å². The summed E-state index contributed by atoms with van der Waals surface area (Å²) in [6.45, 7) is 19.2. The van der Waals surface area contributed by atoms with E-state index in [0.717, 1.165) is 18.4 Å². The number of hydrogen-bond acceptors (Lipinski definition) is 2. The number of nitrogens with zero attached hydrogens (tertiary/aromatic N) is 1. The van der Waals surface area contributed by atoms with Crippen molar-refractivity contribution >= 4 is 0 Å². The molecule has 20 heavy (non-hydrogen) atoms. The van der Waals surface area contributed by atoms with Gasteiger partial charge in [-0.05, 0) is 62.6 Å². The van der Waals surface area contributed by atoms with E-state index in [1.54, 1.807) is 0 Å². The number of likely N-dealkylation sites (tertiary alicyclic amines) is 1. The van der Waals surface area contributed by atoms with Crippen LogP contribution in [0.2, 0.25) is 0 Å². The van der Waals surface area contributed by atoms with Crippen molar-refractivity contribution in [1.82, 2.24) is 10.2 Å². The van der Waals surface area contributed by atoms with Gasteiger partial charge >= 0.3 is 0 Å². The van der Waals surface area contributed by atoms with Gasteiger partial charge in [-0.3, -0.25) is 0 Å². The van der Waals surface area contributed by atoms with Crippen LogP contribution in [-0.4, -0.2) is 37.1 Å². The van der Waals surface area contributed by atoms with Gasteiger partial charge in [0.25, 0.3) is 0 Å². The SMILES string of the molecule is CCCNC(CN1CCCC(C(C)(C)C)CC1)C(C)C. The lowest BCUT2D eigenvalue weighted by Gasteiger charge is -2.31. The summed E-state index contributed by atoms with van der Waals surface area (Å²) >= 11 is 0. The van der Waals surface area contributed by atoms with E-state index in [9.17, 15) is 0 Å². The Morgan fingerprint density at radius 3 is 2.40 bits per heavy atom. The Kier molecular flexibility index (Phi) is 7.53. The largest absolute Gasteiger partial charge is 0.312 e. The third-order valence-corrected chi connectivity index (χ3v) is 4.96. The molecule has 2 unspecified atom stereocenters. The van der Waals surface area contributed by atoms with Gasteiger partial charge in [-0.2, -0.15) is 0 Å². The van der Waals surface area contributed by atoms with Crippen molar-refractivity contribution in [2.45, 2.75) is 73.3 Å². The van der Waals surface area contributed by atoms with Crippen LogP contribution in [0.1, 0.15) is 67.2 Å². The summed E-state index contributed by atoms with van der Waals surface area (Å²) in [5.74, 6) is 1.62. The van der Waals surface area contributed by atoms with Crippen LogP contribution in [-0.2, 0) is 0 Å². The van der Waals surface area contributed by atoms with Crippen molar-refractivity contribution in [1.29, 1.82) is 0 Å². The Bertz CT molecular complexity index is 255. The lowest BCUT2D eigenvalue weighted by Crippen LogP contribution is -2.45. The quantitative estimate of drug-likeness (QED) is 0.787. The normalized spacial score (nSPS) is 23.9. The fourth-order valence-corrected chi connectivity index (χ4v) is 3.32. The lowest BCUT2D eigenvalue weighted by atomic mass is 9.77. The van der Waals surface area contributed by atoms with Gasteiger partial charge < -0.3 is 10.2 Å². The van der Waals surface area contributed by atoms with Crippen molar-refractivity contribution in [3.8, 4) is 0 Å². The predicted molar refractivity (Wildman–Crippen MR) is 90.2 cm³/mol. The Labute approximate surface area is 127 Å². The van der Waals surface area contributed by atoms with Crippen LogP contribution in [0.3, 0.4) is 0 Å². The monoisotopic (exact) mass is 282 g/mol. The third-order valence-electron chi connectivity index (χ3n) is 4.96. The molecular formula is C18H38N2. The van der Waals surface area contributed by atoms with Crippen LogP contribution in [0.15, 0.2) is 0 Å². The van der Waals surface area contributed by atoms with Crippen molar-refractivity contribution < 1.29 is 0 Å². The Morgan fingerprint density at radius 1 is 1.15 bits per heavy atom. The first-order valence-corrected chi connectivity index (χ1v) is 8.80. The van der Waals surface area contributed by atoms with Crippen LogP contribution in [0.25, 0.3) is 0 Å². The van der Waals surface area contributed by atoms with Gasteiger partial charge in [0.05, 0.1) is 0 Å². The topological polar surface area (TPSA) is 15.3 Å². The molecule has 1 saturated heterocycles. The Morgan fingerprint density at radius 2 is 1.85 bits per heavy atom. The number of nitrogens with one attached hydrogen (secondary N) is 1. The first kappa shape index (κ1) is 18.0. The summed E-state index contributed by atoms with van der Waals surface area (Å²) in [4.78, 5) is 2.71.